The third kappa shape index (κ3) is 4.87. The first-order valence-electron chi connectivity index (χ1n) is 11.9. The minimum atomic E-state index is -2.65. The van der Waals surface area contributed by atoms with Gasteiger partial charge in [-0.15, -0.1) is 0 Å². The summed E-state index contributed by atoms with van der Waals surface area (Å²) in [6, 6.07) is 11.6. The fourth-order valence-electron chi connectivity index (χ4n) is 4.33. The van der Waals surface area contributed by atoms with Crippen molar-refractivity contribution in [3.05, 3.63) is 78.1 Å². The first kappa shape index (κ1) is 26.5. The van der Waals surface area contributed by atoms with Gasteiger partial charge in [-0.3, -0.25) is 9.59 Å². The highest BCUT2D eigenvalue weighted by atomic mass is 127. The Morgan fingerprint density at radius 3 is 2.55 bits per heavy atom. The molecule has 1 saturated carbocycles. The van der Waals surface area contributed by atoms with Crippen molar-refractivity contribution >= 4 is 60.5 Å². The smallest absolute Gasteiger partial charge is 0.278 e. The maximum atomic E-state index is 14.8. The van der Waals surface area contributed by atoms with Gasteiger partial charge in [-0.25, -0.2) is 18.0 Å². The molecule has 0 radical (unpaired) electrons. The number of benzene rings is 2. The van der Waals surface area contributed by atoms with Gasteiger partial charge in [0.05, 0.1) is 34.0 Å². The lowest BCUT2D eigenvalue weighted by Gasteiger charge is -2.19. The maximum absolute atomic E-state index is 14.8. The number of aromatic nitrogens is 3. The SMILES string of the molecule is CN[S@](C)(=O)=Nc1cccc(-c2nn(C3CC3)c(=O)c3c(Nc4ccc(I)cc4F)c(C)c(=O)n(C)c23)c1. The normalized spacial score (nSPS) is 14.9. The molecule has 1 fully saturated rings. The molecule has 4 aromatic rings. The molecule has 1 atom stereocenters. The predicted molar refractivity (Wildman–Crippen MR) is 157 cm³/mol. The van der Waals surface area contributed by atoms with Crippen LogP contribution < -0.4 is 21.2 Å². The van der Waals surface area contributed by atoms with Crippen molar-refractivity contribution < 1.29 is 8.60 Å². The lowest BCUT2D eigenvalue weighted by molar-refractivity contribution is 0.607. The maximum Gasteiger partial charge on any atom is 0.278 e. The van der Waals surface area contributed by atoms with Gasteiger partial charge in [-0.05, 0) is 79.7 Å². The number of rotatable bonds is 6. The highest BCUT2D eigenvalue weighted by Gasteiger charge is 2.30. The highest BCUT2D eigenvalue weighted by Crippen LogP contribution is 2.37. The Morgan fingerprint density at radius 2 is 1.89 bits per heavy atom. The number of nitrogens with zero attached hydrogens (tertiary/aromatic N) is 4. The lowest BCUT2D eigenvalue weighted by atomic mass is 10.0. The summed E-state index contributed by atoms with van der Waals surface area (Å²) in [7, 11) is 0.506. The molecule has 0 aliphatic heterocycles. The fraction of sp³-hybridized carbons (Fsp3) is 0.269. The number of pyridine rings is 1. The molecule has 2 heterocycles. The Morgan fingerprint density at radius 1 is 1.16 bits per heavy atom. The van der Waals surface area contributed by atoms with Crippen LogP contribution in [-0.4, -0.2) is 31.9 Å². The summed E-state index contributed by atoms with van der Waals surface area (Å²) in [4.78, 5) is 27.2. The van der Waals surface area contributed by atoms with Crippen molar-refractivity contribution in [2.75, 3.05) is 18.6 Å². The van der Waals surface area contributed by atoms with Crippen LogP contribution in [0.15, 0.2) is 56.4 Å². The van der Waals surface area contributed by atoms with Crippen LogP contribution in [0.2, 0.25) is 0 Å². The predicted octanol–water partition coefficient (Wildman–Crippen LogP) is 4.76. The molecule has 2 aromatic carbocycles. The Kier molecular flexibility index (Phi) is 6.90. The molecular formula is C26H26FIN6O3S. The number of aryl methyl sites for hydroxylation is 1. The van der Waals surface area contributed by atoms with E-state index in [2.05, 4.69) is 14.4 Å². The first-order valence-corrected chi connectivity index (χ1v) is 14.9. The molecule has 1 aliphatic rings. The molecule has 0 amide bonds. The molecule has 0 unspecified atom stereocenters. The molecule has 0 saturated heterocycles. The van der Waals surface area contributed by atoms with Gasteiger partial charge in [0, 0.05) is 28.0 Å². The number of hydrogen-bond acceptors (Lipinski definition) is 6. The summed E-state index contributed by atoms with van der Waals surface area (Å²) in [6.07, 6.45) is 3.12. The van der Waals surface area contributed by atoms with Crippen LogP contribution in [0.3, 0.4) is 0 Å². The van der Waals surface area contributed by atoms with E-state index in [0.717, 1.165) is 16.4 Å². The highest BCUT2D eigenvalue weighted by molar-refractivity contribution is 14.1. The van der Waals surface area contributed by atoms with Crippen molar-refractivity contribution in [1.82, 2.24) is 19.1 Å². The summed E-state index contributed by atoms with van der Waals surface area (Å²) in [5, 5.41) is 8.00. The molecule has 9 nitrogen and oxygen atoms in total. The van der Waals surface area contributed by atoms with Crippen molar-refractivity contribution in [3.8, 4) is 11.3 Å². The number of halogens is 2. The summed E-state index contributed by atoms with van der Waals surface area (Å²) >= 11 is 2.02. The second-order valence-corrected chi connectivity index (χ2v) is 12.8. The monoisotopic (exact) mass is 648 g/mol. The van der Waals surface area contributed by atoms with Crippen LogP contribution >= 0.6 is 22.6 Å². The quantitative estimate of drug-likeness (QED) is 0.293. The van der Waals surface area contributed by atoms with Crippen LogP contribution in [0.25, 0.3) is 22.2 Å². The van der Waals surface area contributed by atoms with Gasteiger partial charge in [0.15, 0.2) is 0 Å². The molecule has 12 heteroatoms. The van der Waals surface area contributed by atoms with Crippen LogP contribution in [-0.2, 0) is 17.0 Å². The van der Waals surface area contributed by atoms with Crippen molar-refractivity contribution in [3.63, 3.8) is 0 Å². The zero-order chi connectivity index (χ0) is 27.4. The zero-order valence-electron chi connectivity index (χ0n) is 21.2. The Bertz CT molecular complexity index is 1860. The minimum absolute atomic E-state index is 0.0578. The molecule has 0 spiro atoms. The van der Waals surface area contributed by atoms with E-state index in [4.69, 9.17) is 5.10 Å². The molecule has 2 N–H and O–H groups in total. The Hall–Kier alpha value is -3.10. The Balaban J connectivity index is 1.85. The molecule has 198 valence electrons. The molecule has 1 aliphatic carbocycles. The van der Waals surface area contributed by atoms with Crippen LogP contribution in [0.5, 0.6) is 0 Å². The standard InChI is InChI=1S/C26H26FIN6O3S/c1-14-22(30-20-11-8-16(28)13-19(20)27)21-24(33(3)25(14)35)23(31-34(26(21)36)18-9-10-18)15-6-5-7-17(12-15)32-38(4,37)29-2/h5-8,11-13,18,30H,9-10H2,1-4H3,(H,29,32,37)/t38-/m0/s1. The largest absolute Gasteiger partial charge is 0.352 e. The Labute approximate surface area is 232 Å². The van der Waals surface area contributed by atoms with Crippen molar-refractivity contribution in [1.29, 1.82) is 0 Å². The third-order valence-corrected chi connectivity index (χ3v) is 8.53. The van der Waals surface area contributed by atoms with E-state index < -0.39 is 15.7 Å². The number of hydrogen-bond donors (Lipinski definition) is 2. The van der Waals surface area contributed by atoms with Gasteiger partial charge in [-0.1, -0.05) is 12.1 Å². The van der Waals surface area contributed by atoms with Gasteiger partial charge in [0.1, 0.15) is 21.4 Å². The van der Waals surface area contributed by atoms with E-state index in [1.165, 1.54) is 21.6 Å². The molecular weight excluding hydrogens is 622 g/mol. The molecule has 2 aromatic heterocycles. The average Bonchev–Trinajstić information content (AvgIpc) is 3.72. The summed E-state index contributed by atoms with van der Waals surface area (Å²) < 4.78 is 38.0. The van der Waals surface area contributed by atoms with E-state index in [1.807, 2.05) is 22.6 Å². The van der Waals surface area contributed by atoms with E-state index >= 15 is 0 Å². The van der Waals surface area contributed by atoms with E-state index in [1.54, 1.807) is 57.4 Å². The average molecular weight is 649 g/mol. The minimum Gasteiger partial charge on any atom is -0.352 e. The van der Waals surface area contributed by atoms with Gasteiger partial charge in [0.25, 0.3) is 11.1 Å². The summed E-state index contributed by atoms with van der Waals surface area (Å²) in [5.74, 6) is -0.496. The van der Waals surface area contributed by atoms with Gasteiger partial charge in [0.2, 0.25) is 0 Å². The first-order chi connectivity index (χ1) is 18.0. The van der Waals surface area contributed by atoms with Crippen LogP contribution in [0.1, 0.15) is 24.4 Å². The van der Waals surface area contributed by atoms with E-state index in [0.29, 0.717) is 22.5 Å². The fourth-order valence-corrected chi connectivity index (χ4v) is 5.39. The molecule has 5 rings (SSSR count). The summed E-state index contributed by atoms with van der Waals surface area (Å²) in [6.45, 7) is 1.62. The van der Waals surface area contributed by atoms with Crippen molar-refractivity contribution in [2.24, 2.45) is 11.4 Å². The van der Waals surface area contributed by atoms with E-state index in [9.17, 15) is 18.2 Å². The number of fused-ring (bicyclic) bond motifs is 1. The summed E-state index contributed by atoms with van der Waals surface area (Å²) in [5.41, 5.74) is 1.78. The second kappa shape index (κ2) is 9.89. The van der Waals surface area contributed by atoms with Crippen LogP contribution in [0, 0.1) is 16.3 Å². The van der Waals surface area contributed by atoms with Gasteiger partial charge < -0.3 is 9.88 Å². The lowest BCUT2D eigenvalue weighted by Crippen LogP contribution is -2.29. The molecule has 38 heavy (non-hydrogen) atoms. The van der Waals surface area contributed by atoms with Crippen molar-refractivity contribution in [2.45, 2.75) is 25.8 Å². The van der Waals surface area contributed by atoms with Crippen LogP contribution in [0.4, 0.5) is 21.5 Å². The van der Waals surface area contributed by atoms with E-state index in [-0.39, 0.29) is 39.5 Å². The topological polar surface area (TPSA) is 110 Å². The zero-order valence-corrected chi connectivity index (χ0v) is 24.2. The molecule has 0 bridgehead atoms. The number of anilines is 2. The number of nitrogens with one attached hydrogen (secondary N) is 2. The second-order valence-electron chi connectivity index (χ2n) is 9.31. The third-order valence-electron chi connectivity index (χ3n) is 6.54. The van der Waals surface area contributed by atoms with Gasteiger partial charge in [-0.2, -0.15) is 9.46 Å². The van der Waals surface area contributed by atoms with Gasteiger partial charge >= 0.3 is 0 Å².